The number of carbonyl (C=O) groups excluding carboxylic acids is 1. The Morgan fingerprint density at radius 1 is 1.35 bits per heavy atom. The highest BCUT2D eigenvalue weighted by Crippen LogP contribution is 2.70. The van der Waals surface area contributed by atoms with Crippen LogP contribution in [0.3, 0.4) is 0 Å². The monoisotopic (exact) mass is 236 g/mol. The molecule has 5 atom stereocenters. The van der Waals surface area contributed by atoms with Crippen LogP contribution >= 0.6 is 0 Å². The van der Waals surface area contributed by atoms with Gasteiger partial charge >= 0.3 is 6.16 Å². The van der Waals surface area contributed by atoms with Crippen LogP contribution < -0.4 is 0 Å². The van der Waals surface area contributed by atoms with E-state index in [1.165, 1.54) is 6.42 Å². The van der Waals surface area contributed by atoms with Crippen molar-refractivity contribution in [3.63, 3.8) is 0 Å². The maximum absolute atomic E-state index is 11.5. The first-order valence-corrected chi connectivity index (χ1v) is 6.41. The summed E-state index contributed by atoms with van der Waals surface area (Å²) in [5.74, 6) is 0.854. The molecule has 0 spiro atoms. The molecule has 0 aromatic carbocycles. The van der Waals surface area contributed by atoms with Gasteiger partial charge < -0.3 is 9.47 Å². The lowest BCUT2D eigenvalue weighted by atomic mass is 9.70. The standard InChI is InChI=1S/C14H20O3/c1-5-9-10-8-6-7-14(4,13(8,2)3)11(10)17-12(15)16-9/h5,8-11H,1,6-7H2,2-4H3/t8?,9-,10-,11+,14?/m0/s1. The Bertz CT molecular complexity index is 387. The summed E-state index contributed by atoms with van der Waals surface area (Å²) < 4.78 is 10.8. The summed E-state index contributed by atoms with van der Waals surface area (Å²) in [6.07, 6.45) is 3.41. The van der Waals surface area contributed by atoms with Crippen molar-refractivity contribution in [2.45, 2.75) is 45.8 Å². The fourth-order valence-electron chi connectivity index (χ4n) is 4.52. The van der Waals surface area contributed by atoms with Crippen LogP contribution in [-0.2, 0) is 9.47 Å². The highest BCUT2D eigenvalue weighted by atomic mass is 16.7. The second kappa shape index (κ2) is 3.06. The zero-order chi connectivity index (χ0) is 12.4. The Morgan fingerprint density at radius 2 is 2.06 bits per heavy atom. The number of carbonyl (C=O) groups is 1. The van der Waals surface area contributed by atoms with Crippen LogP contribution in [0.1, 0.15) is 33.6 Å². The van der Waals surface area contributed by atoms with Crippen molar-refractivity contribution in [2.75, 3.05) is 0 Å². The number of fused-ring (bicyclic) bond motifs is 5. The molecule has 2 aliphatic carbocycles. The fraction of sp³-hybridized carbons (Fsp3) is 0.786. The van der Waals surface area contributed by atoms with E-state index in [9.17, 15) is 4.79 Å². The minimum Gasteiger partial charge on any atom is -0.430 e. The number of hydrogen-bond donors (Lipinski definition) is 0. The Morgan fingerprint density at radius 3 is 2.71 bits per heavy atom. The SMILES string of the molecule is C=C[C@@H]1OC(=O)O[C@@H]2[C@H]1C1CCC2(C)C1(C)C. The molecule has 3 aliphatic rings. The van der Waals surface area contributed by atoms with E-state index in [4.69, 9.17) is 9.47 Å². The molecule has 2 bridgehead atoms. The molecule has 0 aromatic rings. The first-order chi connectivity index (χ1) is 7.91. The smallest absolute Gasteiger partial charge is 0.430 e. The van der Waals surface area contributed by atoms with Crippen molar-refractivity contribution in [1.29, 1.82) is 0 Å². The molecule has 1 saturated heterocycles. The Hall–Kier alpha value is -0.990. The molecule has 0 radical (unpaired) electrons. The van der Waals surface area contributed by atoms with Gasteiger partial charge in [-0.25, -0.2) is 4.79 Å². The molecule has 3 heteroatoms. The second-order valence-electron chi connectivity index (χ2n) is 6.47. The Kier molecular flexibility index (Phi) is 2.00. The molecule has 94 valence electrons. The van der Waals surface area contributed by atoms with Crippen molar-refractivity contribution in [1.82, 2.24) is 0 Å². The molecule has 0 aromatic heterocycles. The molecule has 3 fully saturated rings. The van der Waals surface area contributed by atoms with Crippen molar-refractivity contribution in [3.8, 4) is 0 Å². The van der Waals surface area contributed by atoms with Crippen LogP contribution in [0.25, 0.3) is 0 Å². The summed E-state index contributed by atoms with van der Waals surface area (Å²) in [6, 6.07) is 0. The van der Waals surface area contributed by atoms with Gasteiger partial charge in [-0.15, -0.1) is 0 Å². The van der Waals surface area contributed by atoms with Crippen molar-refractivity contribution in [2.24, 2.45) is 22.7 Å². The van der Waals surface area contributed by atoms with E-state index >= 15 is 0 Å². The molecule has 0 amide bonds. The van der Waals surface area contributed by atoms with E-state index in [0.29, 0.717) is 11.8 Å². The first-order valence-electron chi connectivity index (χ1n) is 6.41. The molecule has 1 heterocycles. The van der Waals surface area contributed by atoms with Gasteiger partial charge in [-0.1, -0.05) is 33.4 Å². The third-order valence-electron chi connectivity index (χ3n) is 5.88. The van der Waals surface area contributed by atoms with Crippen LogP contribution in [0.4, 0.5) is 4.79 Å². The molecule has 2 unspecified atom stereocenters. The van der Waals surface area contributed by atoms with Gasteiger partial charge in [0.2, 0.25) is 0 Å². The molecule has 3 rings (SSSR count). The van der Waals surface area contributed by atoms with Crippen LogP contribution in [-0.4, -0.2) is 18.4 Å². The maximum Gasteiger partial charge on any atom is 0.509 e. The van der Waals surface area contributed by atoms with Gasteiger partial charge in [0, 0.05) is 11.3 Å². The average Bonchev–Trinajstić information content (AvgIpc) is 2.59. The zero-order valence-electron chi connectivity index (χ0n) is 10.7. The maximum atomic E-state index is 11.5. The lowest BCUT2D eigenvalue weighted by Crippen LogP contribution is -2.49. The summed E-state index contributed by atoms with van der Waals surface area (Å²) in [5, 5.41) is 0. The minimum absolute atomic E-state index is 0.000463. The number of hydrogen-bond acceptors (Lipinski definition) is 3. The van der Waals surface area contributed by atoms with Gasteiger partial charge in [0.1, 0.15) is 12.2 Å². The third kappa shape index (κ3) is 1.10. The number of rotatable bonds is 1. The van der Waals surface area contributed by atoms with E-state index in [1.807, 2.05) is 0 Å². The summed E-state index contributed by atoms with van der Waals surface area (Å²) in [7, 11) is 0. The predicted molar refractivity (Wildman–Crippen MR) is 63.4 cm³/mol. The molecule has 0 N–H and O–H groups in total. The quantitative estimate of drug-likeness (QED) is 0.518. The van der Waals surface area contributed by atoms with Gasteiger partial charge in [0.25, 0.3) is 0 Å². The summed E-state index contributed by atoms with van der Waals surface area (Å²) in [5.41, 5.74) is 0.292. The average molecular weight is 236 g/mol. The molecule has 17 heavy (non-hydrogen) atoms. The van der Waals surface area contributed by atoms with Gasteiger partial charge in [-0.2, -0.15) is 0 Å². The van der Waals surface area contributed by atoms with Gasteiger partial charge in [0.05, 0.1) is 0 Å². The van der Waals surface area contributed by atoms with Crippen LogP contribution in [0.2, 0.25) is 0 Å². The third-order valence-corrected chi connectivity index (χ3v) is 5.88. The summed E-state index contributed by atoms with van der Waals surface area (Å²) in [6.45, 7) is 10.7. The minimum atomic E-state index is -0.527. The van der Waals surface area contributed by atoms with Crippen molar-refractivity contribution < 1.29 is 14.3 Å². The van der Waals surface area contributed by atoms with Crippen molar-refractivity contribution >= 4 is 6.16 Å². The van der Waals surface area contributed by atoms with E-state index in [0.717, 1.165) is 6.42 Å². The Labute approximate surface area is 102 Å². The molecule has 1 aliphatic heterocycles. The highest BCUT2D eigenvalue weighted by molar-refractivity contribution is 5.62. The van der Waals surface area contributed by atoms with Crippen LogP contribution in [0.5, 0.6) is 0 Å². The summed E-state index contributed by atoms with van der Waals surface area (Å²) in [4.78, 5) is 11.5. The molecule has 3 nitrogen and oxygen atoms in total. The predicted octanol–water partition coefficient (Wildman–Crippen LogP) is 3.15. The van der Waals surface area contributed by atoms with E-state index in [2.05, 4.69) is 27.4 Å². The second-order valence-corrected chi connectivity index (χ2v) is 6.47. The van der Waals surface area contributed by atoms with E-state index in [1.54, 1.807) is 6.08 Å². The van der Waals surface area contributed by atoms with Gasteiger partial charge in [0.15, 0.2) is 0 Å². The van der Waals surface area contributed by atoms with E-state index < -0.39 is 6.16 Å². The molecular formula is C14H20O3. The topological polar surface area (TPSA) is 35.5 Å². The molecule has 2 saturated carbocycles. The largest absolute Gasteiger partial charge is 0.509 e. The Balaban J connectivity index is 2.06. The lowest BCUT2D eigenvalue weighted by molar-refractivity contribution is -0.123. The normalized spacial score (nSPS) is 50.4. The highest BCUT2D eigenvalue weighted by Gasteiger charge is 2.70. The number of ether oxygens (including phenoxy) is 2. The van der Waals surface area contributed by atoms with E-state index in [-0.39, 0.29) is 23.0 Å². The first kappa shape index (κ1) is 11.1. The van der Waals surface area contributed by atoms with Gasteiger partial charge in [-0.05, 0) is 24.2 Å². The summed E-state index contributed by atoms with van der Waals surface area (Å²) >= 11 is 0. The number of cyclic esters (lactones) is 1. The zero-order valence-corrected chi connectivity index (χ0v) is 10.7. The van der Waals surface area contributed by atoms with Crippen LogP contribution in [0.15, 0.2) is 12.7 Å². The van der Waals surface area contributed by atoms with Crippen LogP contribution in [0, 0.1) is 22.7 Å². The molecular weight excluding hydrogens is 216 g/mol. The fourth-order valence-corrected chi connectivity index (χ4v) is 4.52. The van der Waals surface area contributed by atoms with Crippen molar-refractivity contribution in [3.05, 3.63) is 12.7 Å². The lowest BCUT2D eigenvalue weighted by Gasteiger charge is -2.42. The van der Waals surface area contributed by atoms with Gasteiger partial charge in [-0.3, -0.25) is 0 Å².